The van der Waals surface area contributed by atoms with E-state index in [9.17, 15) is 13.2 Å². The molecule has 0 bridgehead atoms. The van der Waals surface area contributed by atoms with Crippen molar-refractivity contribution in [3.8, 4) is 5.75 Å². The van der Waals surface area contributed by atoms with Gasteiger partial charge in [0.2, 0.25) is 0 Å². The normalized spacial score (nSPS) is 19.3. The van der Waals surface area contributed by atoms with E-state index in [2.05, 4.69) is 24.4 Å². The lowest BCUT2D eigenvalue weighted by Gasteiger charge is -2.23. The Hall–Kier alpha value is -1.75. The Morgan fingerprint density at radius 2 is 1.96 bits per heavy atom. The number of rotatable bonds is 6. The molecule has 0 saturated carbocycles. The van der Waals surface area contributed by atoms with Crippen LogP contribution in [-0.2, 0) is 6.18 Å². The van der Waals surface area contributed by atoms with E-state index in [1.54, 1.807) is 0 Å². The maximum Gasteiger partial charge on any atom is 0.416 e. The minimum Gasteiger partial charge on any atom is -0.486 e. The lowest BCUT2D eigenvalue weighted by atomic mass is 9.93. The van der Waals surface area contributed by atoms with Crippen molar-refractivity contribution in [2.75, 3.05) is 13.6 Å². The van der Waals surface area contributed by atoms with Crippen molar-refractivity contribution >= 4 is 0 Å². The Bertz CT molecular complexity index is 561. The van der Waals surface area contributed by atoms with Crippen LogP contribution in [0.15, 0.2) is 48.1 Å². The Labute approximate surface area is 135 Å². The number of halogens is 3. The highest BCUT2D eigenvalue weighted by Gasteiger charge is 2.30. The van der Waals surface area contributed by atoms with Gasteiger partial charge in [0.05, 0.1) is 5.56 Å². The van der Waals surface area contributed by atoms with Gasteiger partial charge in [-0.25, -0.2) is 0 Å². The van der Waals surface area contributed by atoms with Crippen LogP contribution in [0.3, 0.4) is 0 Å². The number of hydrogen-bond acceptors (Lipinski definition) is 2. The minimum atomic E-state index is -4.33. The molecule has 5 heteroatoms. The molecule has 1 aliphatic rings. The van der Waals surface area contributed by atoms with Gasteiger partial charge < -0.3 is 10.1 Å². The summed E-state index contributed by atoms with van der Waals surface area (Å²) in [4.78, 5) is 0. The first-order chi connectivity index (χ1) is 10.9. The molecule has 0 aromatic heterocycles. The van der Waals surface area contributed by atoms with Crippen molar-refractivity contribution in [3.63, 3.8) is 0 Å². The molecule has 1 N–H and O–H groups in total. The van der Waals surface area contributed by atoms with Crippen LogP contribution < -0.4 is 10.1 Å². The second-order valence-electron chi connectivity index (χ2n) is 5.80. The first-order valence-corrected chi connectivity index (χ1v) is 7.77. The zero-order chi connectivity index (χ0) is 16.9. The number of ether oxygens (including phenoxy) is 1. The molecule has 0 fully saturated rings. The lowest BCUT2D eigenvalue weighted by molar-refractivity contribution is -0.137. The molecule has 1 aromatic rings. The van der Waals surface area contributed by atoms with E-state index in [0.29, 0.717) is 11.7 Å². The van der Waals surface area contributed by atoms with E-state index in [1.165, 1.54) is 12.1 Å². The highest BCUT2D eigenvalue weighted by molar-refractivity contribution is 5.32. The molecule has 0 amide bonds. The SMILES string of the molecule is CNCCC(Oc1ccc(C(F)(F)F)cc1)C1=CC(C)CC=C1. The van der Waals surface area contributed by atoms with Gasteiger partial charge in [-0.3, -0.25) is 0 Å². The molecule has 1 aliphatic carbocycles. The molecular formula is C18H22F3NO. The zero-order valence-corrected chi connectivity index (χ0v) is 13.4. The smallest absolute Gasteiger partial charge is 0.416 e. The molecular weight excluding hydrogens is 303 g/mol. The molecule has 1 aromatic carbocycles. The summed E-state index contributed by atoms with van der Waals surface area (Å²) in [6, 6.07) is 4.87. The van der Waals surface area contributed by atoms with E-state index >= 15 is 0 Å². The van der Waals surface area contributed by atoms with Crippen molar-refractivity contribution in [3.05, 3.63) is 53.6 Å². The zero-order valence-electron chi connectivity index (χ0n) is 13.4. The topological polar surface area (TPSA) is 21.3 Å². The van der Waals surface area contributed by atoms with E-state index < -0.39 is 11.7 Å². The monoisotopic (exact) mass is 325 g/mol. The van der Waals surface area contributed by atoms with Crippen LogP contribution >= 0.6 is 0 Å². The Kier molecular flexibility index (Phi) is 5.88. The standard InChI is InChI=1S/C18H22F3NO/c1-13-4-3-5-14(12-13)17(10-11-22-2)23-16-8-6-15(7-9-16)18(19,20)21/h3,5-9,12-13,17,22H,4,10-11H2,1-2H3. The second-order valence-corrected chi connectivity index (χ2v) is 5.80. The summed E-state index contributed by atoms with van der Waals surface area (Å²) in [5.41, 5.74) is 0.418. The predicted octanol–water partition coefficient (Wildman–Crippen LogP) is 4.58. The van der Waals surface area contributed by atoms with Crippen LogP contribution in [0.1, 0.15) is 25.3 Å². The summed E-state index contributed by atoms with van der Waals surface area (Å²) in [6.07, 6.45) is 3.59. The van der Waals surface area contributed by atoms with Crippen molar-refractivity contribution in [1.29, 1.82) is 0 Å². The maximum absolute atomic E-state index is 12.6. The van der Waals surface area contributed by atoms with Gasteiger partial charge in [-0.05, 0) is 55.8 Å². The third-order valence-corrected chi connectivity index (χ3v) is 3.78. The van der Waals surface area contributed by atoms with Gasteiger partial charge >= 0.3 is 6.18 Å². The fourth-order valence-electron chi connectivity index (χ4n) is 2.54. The molecule has 0 aliphatic heterocycles. The Balaban J connectivity index is 2.13. The largest absolute Gasteiger partial charge is 0.486 e. The van der Waals surface area contributed by atoms with E-state index in [4.69, 9.17) is 4.74 Å². The van der Waals surface area contributed by atoms with Crippen molar-refractivity contribution in [2.45, 2.75) is 32.0 Å². The van der Waals surface area contributed by atoms with Crippen LogP contribution in [0.2, 0.25) is 0 Å². The van der Waals surface area contributed by atoms with E-state index in [1.807, 2.05) is 13.1 Å². The summed E-state index contributed by atoms with van der Waals surface area (Å²) in [7, 11) is 1.86. The second kappa shape index (κ2) is 7.68. The fraction of sp³-hybridized carbons (Fsp3) is 0.444. The van der Waals surface area contributed by atoms with Crippen molar-refractivity contribution < 1.29 is 17.9 Å². The number of nitrogens with one attached hydrogen (secondary N) is 1. The number of alkyl halides is 3. The average Bonchev–Trinajstić information content (AvgIpc) is 2.51. The van der Waals surface area contributed by atoms with Crippen molar-refractivity contribution in [1.82, 2.24) is 5.32 Å². The summed E-state index contributed by atoms with van der Waals surface area (Å²) in [5.74, 6) is 0.898. The molecule has 2 rings (SSSR count). The van der Waals surface area contributed by atoms with Gasteiger partial charge in [0.25, 0.3) is 0 Å². The molecule has 2 nitrogen and oxygen atoms in total. The van der Waals surface area contributed by atoms with E-state index in [0.717, 1.165) is 37.1 Å². The van der Waals surface area contributed by atoms with Crippen LogP contribution in [0, 0.1) is 5.92 Å². The molecule has 0 heterocycles. The van der Waals surface area contributed by atoms with Gasteiger partial charge in [-0.2, -0.15) is 13.2 Å². The summed E-state index contributed by atoms with van der Waals surface area (Å²) < 4.78 is 43.8. The summed E-state index contributed by atoms with van der Waals surface area (Å²) in [6.45, 7) is 2.90. The molecule has 126 valence electrons. The highest BCUT2D eigenvalue weighted by atomic mass is 19.4. The van der Waals surface area contributed by atoms with Crippen LogP contribution in [0.5, 0.6) is 5.75 Å². The molecule has 23 heavy (non-hydrogen) atoms. The lowest BCUT2D eigenvalue weighted by Crippen LogP contribution is -2.25. The Morgan fingerprint density at radius 1 is 1.26 bits per heavy atom. The molecule has 2 atom stereocenters. The molecule has 0 spiro atoms. The maximum atomic E-state index is 12.6. The predicted molar refractivity (Wildman–Crippen MR) is 85.4 cm³/mol. The fourth-order valence-corrected chi connectivity index (χ4v) is 2.54. The van der Waals surface area contributed by atoms with Crippen LogP contribution in [0.25, 0.3) is 0 Å². The first-order valence-electron chi connectivity index (χ1n) is 7.77. The highest BCUT2D eigenvalue weighted by Crippen LogP contribution is 2.31. The van der Waals surface area contributed by atoms with Gasteiger partial charge in [-0.1, -0.05) is 25.2 Å². The van der Waals surface area contributed by atoms with Crippen LogP contribution in [-0.4, -0.2) is 19.7 Å². The first kappa shape index (κ1) is 17.6. The van der Waals surface area contributed by atoms with Gasteiger partial charge in [0.15, 0.2) is 0 Å². The number of benzene rings is 1. The third kappa shape index (κ3) is 5.13. The number of hydrogen-bond donors (Lipinski definition) is 1. The van der Waals surface area contributed by atoms with Crippen LogP contribution in [0.4, 0.5) is 13.2 Å². The summed E-state index contributed by atoms with van der Waals surface area (Å²) in [5, 5.41) is 3.08. The minimum absolute atomic E-state index is 0.168. The number of allylic oxidation sites excluding steroid dienone is 2. The van der Waals surface area contributed by atoms with Gasteiger partial charge in [0, 0.05) is 6.42 Å². The Morgan fingerprint density at radius 3 is 2.52 bits per heavy atom. The van der Waals surface area contributed by atoms with Gasteiger partial charge in [-0.15, -0.1) is 0 Å². The third-order valence-electron chi connectivity index (χ3n) is 3.78. The quantitative estimate of drug-likeness (QED) is 0.826. The molecule has 0 saturated heterocycles. The van der Waals surface area contributed by atoms with Crippen molar-refractivity contribution in [2.24, 2.45) is 5.92 Å². The molecule has 0 radical (unpaired) electrons. The van der Waals surface area contributed by atoms with E-state index in [-0.39, 0.29) is 6.10 Å². The average molecular weight is 325 g/mol. The summed E-state index contributed by atoms with van der Waals surface area (Å²) >= 11 is 0. The van der Waals surface area contributed by atoms with Gasteiger partial charge in [0.1, 0.15) is 11.9 Å². The molecule has 2 unspecified atom stereocenters.